The third-order valence-corrected chi connectivity index (χ3v) is 3.02. The Kier molecular flexibility index (Phi) is 4.67. The molecule has 2 rings (SSSR count). The predicted octanol–water partition coefficient (Wildman–Crippen LogP) is 0.484. The molecule has 0 fully saturated rings. The van der Waals surface area contributed by atoms with E-state index in [4.69, 9.17) is 5.11 Å². The summed E-state index contributed by atoms with van der Waals surface area (Å²) in [5, 5.41) is 17.0. The van der Waals surface area contributed by atoms with E-state index in [-0.39, 0.29) is 5.56 Å². The molecule has 1 amide bonds. The molecule has 114 valence electrons. The maximum Gasteiger partial charge on any atom is 0.322 e. The molecule has 0 aliphatic rings. The second-order valence-electron chi connectivity index (χ2n) is 4.81. The third-order valence-electron chi connectivity index (χ3n) is 3.02. The minimum Gasteiger partial charge on any atom is -0.480 e. The molecule has 2 aromatic rings. The number of carbonyl (C=O) groups excluding carboxylic acids is 1. The molecule has 0 atom stereocenters. The Balaban J connectivity index is 2.09. The Morgan fingerprint density at radius 3 is 2.59 bits per heavy atom. The summed E-state index contributed by atoms with van der Waals surface area (Å²) >= 11 is 0. The van der Waals surface area contributed by atoms with E-state index in [0.717, 1.165) is 11.3 Å². The SMILES string of the molecule is Cc1cc(Cc2ccc(C(=O)NCC(=O)O)cc2)c(=O)[nH]n1. The number of H-pyrrole nitrogens is 1. The summed E-state index contributed by atoms with van der Waals surface area (Å²) in [6.45, 7) is 1.36. The summed E-state index contributed by atoms with van der Waals surface area (Å²) in [5.74, 6) is -1.55. The molecular formula is C15H15N3O4. The first kappa shape index (κ1) is 15.4. The van der Waals surface area contributed by atoms with Crippen molar-refractivity contribution in [2.24, 2.45) is 0 Å². The van der Waals surface area contributed by atoms with Crippen LogP contribution in [-0.2, 0) is 11.2 Å². The summed E-state index contributed by atoms with van der Waals surface area (Å²) in [7, 11) is 0. The average Bonchev–Trinajstić information content (AvgIpc) is 2.49. The van der Waals surface area contributed by atoms with E-state index in [1.807, 2.05) is 0 Å². The number of rotatable bonds is 5. The van der Waals surface area contributed by atoms with E-state index < -0.39 is 18.4 Å². The van der Waals surface area contributed by atoms with Crippen LogP contribution in [0.3, 0.4) is 0 Å². The van der Waals surface area contributed by atoms with Crippen molar-refractivity contribution >= 4 is 11.9 Å². The van der Waals surface area contributed by atoms with Gasteiger partial charge in [0.05, 0.1) is 5.69 Å². The van der Waals surface area contributed by atoms with Crippen LogP contribution >= 0.6 is 0 Å². The van der Waals surface area contributed by atoms with Crippen molar-refractivity contribution in [3.05, 3.63) is 63.1 Å². The summed E-state index contributed by atoms with van der Waals surface area (Å²) in [4.78, 5) is 33.7. The van der Waals surface area contributed by atoms with Gasteiger partial charge in [0, 0.05) is 17.5 Å². The van der Waals surface area contributed by atoms with Crippen LogP contribution in [0.4, 0.5) is 0 Å². The molecule has 0 saturated carbocycles. The van der Waals surface area contributed by atoms with Gasteiger partial charge in [0.25, 0.3) is 11.5 Å². The van der Waals surface area contributed by atoms with Crippen LogP contribution in [-0.4, -0.2) is 33.7 Å². The fraction of sp³-hybridized carbons (Fsp3) is 0.200. The zero-order valence-corrected chi connectivity index (χ0v) is 11.9. The zero-order valence-electron chi connectivity index (χ0n) is 11.9. The van der Waals surface area contributed by atoms with E-state index >= 15 is 0 Å². The number of nitrogens with one attached hydrogen (secondary N) is 2. The van der Waals surface area contributed by atoms with Crippen molar-refractivity contribution in [1.29, 1.82) is 0 Å². The summed E-state index contributed by atoms with van der Waals surface area (Å²) in [5.41, 5.74) is 2.31. The number of hydrogen-bond acceptors (Lipinski definition) is 4. The van der Waals surface area contributed by atoms with Gasteiger partial charge in [-0.1, -0.05) is 12.1 Å². The highest BCUT2D eigenvalue weighted by atomic mass is 16.4. The normalized spacial score (nSPS) is 10.2. The molecule has 0 saturated heterocycles. The van der Waals surface area contributed by atoms with Crippen molar-refractivity contribution in [1.82, 2.24) is 15.5 Å². The lowest BCUT2D eigenvalue weighted by Gasteiger charge is -2.05. The van der Waals surface area contributed by atoms with Crippen LogP contribution in [0, 0.1) is 6.92 Å². The predicted molar refractivity (Wildman–Crippen MR) is 78.8 cm³/mol. The van der Waals surface area contributed by atoms with Crippen molar-refractivity contribution in [3.63, 3.8) is 0 Å². The second-order valence-corrected chi connectivity index (χ2v) is 4.81. The van der Waals surface area contributed by atoms with Crippen LogP contribution < -0.4 is 10.9 Å². The number of aromatic nitrogens is 2. The largest absolute Gasteiger partial charge is 0.480 e. The second kappa shape index (κ2) is 6.66. The first-order valence-corrected chi connectivity index (χ1v) is 6.60. The third kappa shape index (κ3) is 4.02. The number of aromatic amines is 1. The minimum absolute atomic E-state index is 0.242. The Bertz CT molecular complexity index is 750. The minimum atomic E-state index is -1.10. The standard InChI is InChI=1S/C15H15N3O4/c1-9-6-12(15(22)18-17-9)7-10-2-4-11(5-3-10)14(21)16-8-13(19)20/h2-6H,7-8H2,1H3,(H,16,21)(H,18,22)(H,19,20). The maximum absolute atomic E-state index is 11.7. The monoisotopic (exact) mass is 301 g/mol. The molecule has 1 aromatic heterocycles. The number of carbonyl (C=O) groups is 2. The Labute approximate surface area is 126 Å². The highest BCUT2D eigenvalue weighted by molar-refractivity contribution is 5.95. The maximum atomic E-state index is 11.7. The van der Waals surface area contributed by atoms with Gasteiger partial charge in [-0.25, -0.2) is 5.10 Å². The van der Waals surface area contributed by atoms with Gasteiger partial charge in [-0.05, 0) is 30.7 Å². The molecule has 7 heteroatoms. The fourth-order valence-electron chi connectivity index (χ4n) is 1.94. The van der Waals surface area contributed by atoms with Crippen molar-refractivity contribution < 1.29 is 14.7 Å². The van der Waals surface area contributed by atoms with Crippen molar-refractivity contribution in [2.75, 3.05) is 6.54 Å². The van der Waals surface area contributed by atoms with Crippen LogP contribution in [0.15, 0.2) is 35.1 Å². The first-order valence-electron chi connectivity index (χ1n) is 6.60. The molecule has 3 N–H and O–H groups in total. The van der Waals surface area contributed by atoms with Gasteiger partial charge in [0.2, 0.25) is 0 Å². The Hall–Kier alpha value is -2.96. The van der Waals surface area contributed by atoms with Gasteiger partial charge < -0.3 is 10.4 Å². The van der Waals surface area contributed by atoms with E-state index in [1.165, 1.54) is 0 Å². The van der Waals surface area contributed by atoms with Gasteiger partial charge in [0.15, 0.2) is 0 Å². The fourth-order valence-corrected chi connectivity index (χ4v) is 1.94. The van der Waals surface area contributed by atoms with Crippen molar-refractivity contribution in [3.8, 4) is 0 Å². The lowest BCUT2D eigenvalue weighted by Crippen LogP contribution is -2.29. The Morgan fingerprint density at radius 2 is 1.95 bits per heavy atom. The van der Waals surface area contributed by atoms with Crippen LogP contribution in [0.1, 0.15) is 27.2 Å². The van der Waals surface area contributed by atoms with Crippen LogP contribution in [0.5, 0.6) is 0 Å². The molecule has 0 unspecified atom stereocenters. The highest BCUT2D eigenvalue weighted by Gasteiger charge is 2.08. The molecular weight excluding hydrogens is 286 g/mol. The van der Waals surface area contributed by atoms with E-state index in [2.05, 4.69) is 15.5 Å². The highest BCUT2D eigenvalue weighted by Crippen LogP contribution is 2.09. The summed E-state index contributed by atoms with van der Waals surface area (Å²) < 4.78 is 0. The van der Waals surface area contributed by atoms with Crippen LogP contribution in [0.2, 0.25) is 0 Å². The summed E-state index contributed by atoms with van der Waals surface area (Å²) in [6.07, 6.45) is 0.426. The van der Waals surface area contributed by atoms with Gasteiger partial charge in [-0.3, -0.25) is 14.4 Å². The van der Waals surface area contributed by atoms with Gasteiger partial charge in [-0.15, -0.1) is 0 Å². The van der Waals surface area contributed by atoms with Gasteiger partial charge in [-0.2, -0.15) is 5.10 Å². The zero-order chi connectivity index (χ0) is 16.1. The molecule has 0 radical (unpaired) electrons. The average molecular weight is 301 g/mol. The first-order chi connectivity index (χ1) is 10.5. The number of benzene rings is 1. The molecule has 7 nitrogen and oxygen atoms in total. The molecule has 0 aliphatic heterocycles. The lowest BCUT2D eigenvalue weighted by molar-refractivity contribution is -0.135. The van der Waals surface area contributed by atoms with Gasteiger partial charge >= 0.3 is 5.97 Å². The summed E-state index contributed by atoms with van der Waals surface area (Å²) in [6, 6.07) is 8.35. The van der Waals surface area contributed by atoms with E-state index in [1.54, 1.807) is 37.3 Å². The number of carboxylic acids is 1. The molecule has 1 aromatic carbocycles. The van der Waals surface area contributed by atoms with E-state index in [9.17, 15) is 14.4 Å². The quantitative estimate of drug-likeness (QED) is 0.743. The number of aliphatic carboxylic acids is 1. The molecule has 0 aliphatic carbocycles. The topological polar surface area (TPSA) is 112 Å². The number of nitrogens with zero attached hydrogens (tertiary/aromatic N) is 1. The van der Waals surface area contributed by atoms with Crippen LogP contribution in [0.25, 0.3) is 0 Å². The van der Waals surface area contributed by atoms with Gasteiger partial charge in [0.1, 0.15) is 6.54 Å². The number of amides is 1. The Morgan fingerprint density at radius 1 is 1.27 bits per heavy atom. The smallest absolute Gasteiger partial charge is 0.322 e. The molecule has 22 heavy (non-hydrogen) atoms. The number of aryl methyl sites for hydroxylation is 1. The van der Waals surface area contributed by atoms with E-state index in [0.29, 0.717) is 17.5 Å². The lowest BCUT2D eigenvalue weighted by atomic mass is 10.0. The molecule has 0 bridgehead atoms. The number of carboxylic acid groups (broad SMARTS) is 1. The molecule has 0 spiro atoms. The molecule has 1 heterocycles. The van der Waals surface area contributed by atoms with Crippen molar-refractivity contribution in [2.45, 2.75) is 13.3 Å². The number of hydrogen-bond donors (Lipinski definition) is 3.